The molecule has 9 heteroatoms. The number of aromatic nitrogens is 2. The number of Topliss-reactive ketones (excluding diaryl/α,β-unsaturated/α-hetero) is 2. The number of carbonyl (C=O) groups is 3. The number of amides is 1. The number of fused-ring (bicyclic) bond motifs is 1. The van der Waals surface area contributed by atoms with E-state index in [0.29, 0.717) is 58.1 Å². The van der Waals surface area contributed by atoms with Crippen molar-refractivity contribution in [2.75, 3.05) is 12.4 Å². The number of halogens is 1. The third-order valence-electron chi connectivity index (χ3n) is 7.70. The third kappa shape index (κ3) is 5.88. The number of hydrogen-bond acceptors (Lipinski definition) is 6. The van der Waals surface area contributed by atoms with Crippen LogP contribution >= 0.6 is 0 Å². The normalized spacial score (nSPS) is 13.3. The standard InChI is InChI=1S/C34H28FN3O5/c1-42-29-5-3-2-4-26(29)38-33(41)27-20-25-28(14-17-36-32(25)37-27)43-24-12-8-22(9-13-24)19-31(40)34(15-16-34)30(39)18-21-6-10-23(35)11-7-21/h2-14,17,20H,15-16,18-19H2,1H3,(H,36,37)(H,38,41). The van der Waals surface area contributed by atoms with E-state index >= 15 is 0 Å². The predicted octanol–water partition coefficient (Wildman–Crippen LogP) is 6.46. The van der Waals surface area contributed by atoms with Crippen molar-refractivity contribution in [3.05, 3.63) is 114 Å². The van der Waals surface area contributed by atoms with Crippen molar-refractivity contribution in [3.63, 3.8) is 0 Å². The zero-order valence-electron chi connectivity index (χ0n) is 23.4. The van der Waals surface area contributed by atoms with Gasteiger partial charge in [0.15, 0.2) is 11.6 Å². The second-order valence-corrected chi connectivity index (χ2v) is 10.6. The van der Waals surface area contributed by atoms with E-state index in [1.54, 1.807) is 72.9 Å². The van der Waals surface area contributed by atoms with E-state index in [-0.39, 0.29) is 36.1 Å². The van der Waals surface area contributed by atoms with Crippen LogP contribution in [0, 0.1) is 11.2 Å². The molecule has 2 heterocycles. The summed E-state index contributed by atoms with van der Waals surface area (Å²) in [6.45, 7) is 0. The van der Waals surface area contributed by atoms with Crippen molar-refractivity contribution < 1.29 is 28.2 Å². The largest absolute Gasteiger partial charge is 0.495 e. The molecule has 3 aromatic carbocycles. The second-order valence-electron chi connectivity index (χ2n) is 10.6. The molecular formula is C34H28FN3O5. The molecule has 5 aromatic rings. The van der Waals surface area contributed by atoms with Crippen LogP contribution in [0.4, 0.5) is 10.1 Å². The minimum atomic E-state index is -0.948. The summed E-state index contributed by atoms with van der Waals surface area (Å²) >= 11 is 0. The van der Waals surface area contributed by atoms with Crippen LogP contribution in [-0.2, 0) is 22.4 Å². The Labute approximate surface area is 246 Å². The van der Waals surface area contributed by atoms with Crippen LogP contribution in [0.5, 0.6) is 17.2 Å². The molecule has 1 fully saturated rings. The summed E-state index contributed by atoms with van der Waals surface area (Å²) < 4.78 is 24.6. The van der Waals surface area contributed by atoms with Crippen molar-refractivity contribution >= 4 is 34.2 Å². The summed E-state index contributed by atoms with van der Waals surface area (Å²) in [6.07, 6.45) is 2.92. The molecule has 6 rings (SSSR count). The number of ketones is 2. The molecule has 0 aliphatic heterocycles. The predicted molar refractivity (Wildman–Crippen MR) is 159 cm³/mol. The SMILES string of the molecule is COc1ccccc1NC(=O)c1cc2c(Oc3ccc(CC(=O)C4(C(=O)Cc5ccc(F)cc5)CC4)cc3)ccnc2[nH]1. The molecule has 0 bridgehead atoms. The smallest absolute Gasteiger partial charge is 0.272 e. The Balaban J connectivity index is 1.11. The number of ether oxygens (including phenoxy) is 2. The number of carbonyl (C=O) groups excluding carboxylic acids is 3. The highest BCUT2D eigenvalue weighted by molar-refractivity contribution is 6.11. The van der Waals surface area contributed by atoms with Gasteiger partial charge >= 0.3 is 0 Å². The lowest BCUT2D eigenvalue weighted by atomic mass is 9.88. The van der Waals surface area contributed by atoms with Gasteiger partial charge in [-0.3, -0.25) is 14.4 Å². The van der Waals surface area contributed by atoms with E-state index in [0.717, 1.165) is 5.56 Å². The molecule has 1 aliphatic rings. The average molecular weight is 578 g/mol. The molecule has 2 N–H and O–H groups in total. The molecule has 216 valence electrons. The minimum absolute atomic E-state index is 0.102. The second kappa shape index (κ2) is 11.5. The van der Waals surface area contributed by atoms with Crippen LogP contribution in [-0.4, -0.2) is 34.6 Å². The maximum atomic E-state index is 13.2. The van der Waals surface area contributed by atoms with Crippen LogP contribution in [0.2, 0.25) is 0 Å². The van der Waals surface area contributed by atoms with Gasteiger partial charge in [-0.2, -0.15) is 0 Å². The van der Waals surface area contributed by atoms with Crippen molar-refractivity contribution in [1.29, 1.82) is 0 Å². The third-order valence-corrected chi connectivity index (χ3v) is 7.70. The van der Waals surface area contributed by atoms with Gasteiger partial charge in [-0.1, -0.05) is 36.4 Å². The minimum Gasteiger partial charge on any atom is -0.495 e. The maximum Gasteiger partial charge on any atom is 0.272 e. The summed E-state index contributed by atoms with van der Waals surface area (Å²) in [5, 5.41) is 3.47. The molecule has 0 atom stereocenters. The van der Waals surface area contributed by atoms with Gasteiger partial charge in [-0.05, 0) is 72.5 Å². The molecular weight excluding hydrogens is 549 g/mol. The summed E-state index contributed by atoms with van der Waals surface area (Å²) in [5.41, 5.74) is 1.86. The molecule has 2 aromatic heterocycles. The number of benzene rings is 3. The van der Waals surface area contributed by atoms with Gasteiger partial charge in [-0.15, -0.1) is 0 Å². The maximum absolute atomic E-state index is 13.2. The summed E-state index contributed by atoms with van der Waals surface area (Å²) in [6, 6.07) is 23.4. The van der Waals surface area contributed by atoms with Crippen LogP contribution in [0.1, 0.15) is 34.5 Å². The molecule has 1 amide bonds. The summed E-state index contributed by atoms with van der Waals surface area (Å²) in [5.74, 6) is 0.654. The zero-order valence-corrected chi connectivity index (χ0v) is 23.4. The van der Waals surface area contributed by atoms with E-state index in [9.17, 15) is 18.8 Å². The first-order valence-corrected chi connectivity index (χ1v) is 13.8. The van der Waals surface area contributed by atoms with Gasteiger partial charge < -0.3 is 19.8 Å². The van der Waals surface area contributed by atoms with Gasteiger partial charge in [-0.25, -0.2) is 9.37 Å². The lowest BCUT2D eigenvalue weighted by Gasteiger charge is -2.13. The van der Waals surface area contributed by atoms with Crippen molar-refractivity contribution in [2.45, 2.75) is 25.7 Å². The van der Waals surface area contributed by atoms with Gasteiger partial charge in [0.2, 0.25) is 0 Å². The first kappa shape index (κ1) is 27.8. The Morgan fingerprint density at radius 3 is 2.19 bits per heavy atom. The van der Waals surface area contributed by atoms with Crippen LogP contribution in [0.3, 0.4) is 0 Å². The van der Waals surface area contributed by atoms with Crippen LogP contribution in [0.25, 0.3) is 11.0 Å². The average Bonchev–Trinajstić information content (AvgIpc) is 3.72. The monoisotopic (exact) mass is 577 g/mol. The van der Waals surface area contributed by atoms with Crippen molar-refractivity contribution in [1.82, 2.24) is 9.97 Å². The van der Waals surface area contributed by atoms with Gasteiger partial charge in [0.25, 0.3) is 5.91 Å². The summed E-state index contributed by atoms with van der Waals surface area (Å²) in [4.78, 5) is 46.4. The highest BCUT2D eigenvalue weighted by atomic mass is 19.1. The number of H-pyrrole nitrogens is 1. The van der Waals surface area contributed by atoms with E-state index in [1.807, 2.05) is 6.07 Å². The Bertz CT molecular complexity index is 1830. The van der Waals surface area contributed by atoms with Gasteiger partial charge in [0.05, 0.1) is 23.6 Å². The quantitative estimate of drug-likeness (QED) is 0.174. The molecule has 1 aliphatic carbocycles. The number of aromatic amines is 1. The topological polar surface area (TPSA) is 110 Å². The number of methoxy groups -OCH3 is 1. The number of hydrogen-bond donors (Lipinski definition) is 2. The zero-order chi connectivity index (χ0) is 30.0. The van der Waals surface area contributed by atoms with Crippen molar-refractivity contribution in [2.24, 2.45) is 5.41 Å². The molecule has 43 heavy (non-hydrogen) atoms. The van der Waals surface area contributed by atoms with Gasteiger partial charge in [0.1, 0.15) is 34.4 Å². The highest BCUT2D eigenvalue weighted by Gasteiger charge is 2.54. The van der Waals surface area contributed by atoms with E-state index in [1.165, 1.54) is 19.2 Å². The first-order valence-electron chi connectivity index (χ1n) is 13.8. The number of para-hydroxylation sites is 2. The Hall–Kier alpha value is -5.31. The van der Waals surface area contributed by atoms with Crippen LogP contribution in [0.15, 0.2) is 91.1 Å². The molecule has 0 unspecified atom stereocenters. The van der Waals surface area contributed by atoms with Gasteiger partial charge in [0, 0.05) is 19.0 Å². The summed E-state index contributed by atoms with van der Waals surface area (Å²) in [7, 11) is 1.54. The molecule has 0 saturated heterocycles. The Kier molecular flexibility index (Phi) is 7.46. The molecule has 0 spiro atoms. The number of nitrogens with one attached hydrogen (secondary N) is 2. The molecule has 1 saturated carbocycles. The number of rotatable bonds is 11. The van der Waals surface area contributed by atoms with E-state index in [2.05, 4.69) is 15.3 Å². The van der Waals surface area contributed by atoms with E-state index in [4.69, 9.17) is 9.47 Å². The Morgan fingerprint density at radius 2 is 1.53 bits per heavy atom. The van der Waals surface area contributed by atoms with E-state index < -0.39 is 5.41 Å². The van der Waals surface area contributed by atoms with Crippen LogP contribution < -0.4 is 14.8 Å². The fourth-order valence-corrected chi connectivity index (χ4v) is 5.10. The van der Waals surface area contributed by atoms with Crippen molar-refractivity contribution in [3.8, 4) is 17.2 Å². The lowest BCUT2D eigenvalue weighted by Crippen LogP contribution is -2.28. The Morgan fingerprint density at radius 1 is 0.884 bits per heavy atom. The lowest BCUT2D eigenvalue weighted by molar-refractivity contribution is -0.133. The number of anilines is 1. The number of nitrogens with zero attached hydrogens (tertiary/aromatic N) is 1. The first-order chi connectivity index (χ1) is 20.8. The number of pyridine rings is 1. The fraction of sp³-hybridized carbons (Fsp3) is 0.176. The highest BCUT2D eigenvalue weighted by Crippen LogP contribution is 2.48. The molecule has 0 radical (unpaired) electrons. The molecule has 8 nitrogen and oxygen atoms in total. The fourth-order valence-electron chi connectivity index (χ4n) is 5.10.